The Labute approximate surface area is 401 Å². The first kappa shape index (κ1) is 50.7. The summed E-state index contributed by atoms with van der Waals surface area (Å²) in [6.45, 7) is 19.2. The van der Waals surface area contributed by atoms with Crippen molar-refractivity contribution in [1.82, 2.24) is 19.9 Å². The van der Waals surface area contributed by atoms with Crippen LogP contribution in [-0.4, -0.2) is 84.4 Å². The number of carbonyl (C=O) groups excluding carboxylic acids is 2. The second-order valence-electron chi connectivity index (χ2n) is 17.2. The van der Waals surface area contributed by atoms with Crippen LogP contribution in [0.2, 0.25) is 0 Å². The SMILES string of the molecule is C=C(C)c1cc(N2CCOCC2)nc(-c2cc(NC(=O)c3cccc(C(F)(F)F)c3)ccc2C)n1.Cc1ccc(NC(=O)c2cccc(C(F)(F)F)c2)cc1-c1nc(C(C)C)cc(N2CCOCC2)n1. The largest absolute Gasteiger partial charge is 0.416 e. The van der Waals surface area contributed by atoms with Crippen molar-refractivity contribution >= 4 is 40.4 Å². The standard InChI is InChI=1S/C26H27F3N4O2.C26H25F3N4O2/c2*1-16(2)22-15-23(33-9-11-35-12-10-33)32-24(31-22)21-14-20(8-7-17(21)3)30-25(34)18-5-4-6-19(13-18)26(27,28)29/h4-8,13-16H,9-12H2,1-3H3,(H,30,34);4-8,13-15H,1,9-12H2,2-3H3,(H,30,34). The summed E-state index contributed by atoms with van der Waals surface area (Å²) in [5.74, 6) is 1.49. The Morgan fingerprint density at radius 2 is 1.03 bits per heavy atom. The van der Waals surface area contributed by atoms with Gasteiger partial charge in [0.2, 0.25) is 0 Å². The van der Waals surface area contributed by atoms with E-state index in [2.05, 4.69) is 45.8 Å². The molecule has 0 aliphatic carbocycles. The Kier molecular flexibility index (Phi) is 15.7. The van der Waals surface area contributed by atoms with Gasteiger partial charge in [0.25, 0.3) is 11.8 Å². The van der Waals surface area contributed by atoms with E-state index in [0.29, 0.717) is 73.8 Å². The van der Waals surface area contributed by atoms with Gasteiger partial charge in [-0.05, 0) is 104 Å². The lowest BCUT2D eigenvalue weighted by molar-refractivity contribution is -0.138. The third-order valence-corrected chi connectivity index (χ3v) is 11.5. The number of nitrogens with zero attached hydrogens (tertiary/aromatic N) is 6. The summed E-state index contributed by atoms with van der Waals surface area (Å²) in [5, 5.41) is 5.38. The first-order chi connectivity index (χ1) is 33.2. The zero-order valence-corrected chi connectivity index (χ0v) is 39.3. The van der Waals surface area contributed by atoms with E-state index in [9.17, 15) is 35.9 Å². The van der Waals surface area contributed by atoms with Crippen LogP contribution in [0, 0.1) is 13.8 Å². The van der Waals surface area contributed by atoms with Gasteiger partial charge in [-0.3, -0.25) is 9.59 Å². The fourth-order valence-corrected chi connectivity index (χ4v) is 7.51. The number of benzene rings is 4. The summed E-state index contributed by atoms with van der Waals surface area (Å²) < 4.78 is 89.1. The van der Waals surface area contributed by atoms with Gasteiger partial charge in [0.05, 0.1) is 43.2 Å². The van der Waals surface area contributed by atoms with Gasteiger partial charge in [-0.2, -0.15) is 26.3 Å². The van der Waals surface area contributed by atoms with Gasteiger partial charge in [-0.25, -0.2) is 19.9 Å². The highest BCUT2D eigenvalue weighted by molar-refractivity contribution is 6.05. The number of carbonyl (C=O) groups is 2. The molecule has 4 aromatic carbocycles. The van der Waals surface area contributed by atoms with Gasteiger partial charge in [0.1, 0.15) is 11.6 Å². The number of alkyl halides is 6. The lowest BCUT2D eigenvalue weighted by atomic mass is 10.0. The maximum Gasteiger partial charge on any atom is 0.416 e. The predicted octanol–water partition coefficient (Wildman–Crippen LogP) is 11.3. The molecule has 0 saturated carbocycles. The Hall–Kier alpha value is -7.18. The van der Waals surface area contributed by atoms with E-state index >= 15 is 0 Å². The molecule has 2 saturated heterocycles. The molecule has 0 atom stereocenters. The zero-order valence-electron chi connectivity index (χ0n) is 39.3. The van der Waals surface area contributed by atoms with E-state index in [1.54, 1.807) is 24.3 Å². The van der Waals surface area contributed by atoms with Crippen molar-refractivity contribution in [3.05, 3.63) is 148 Å². The van der Waals surface area contributed by atoms with Crippen molar-refractivity contribution < 1.29 is 45.4 Å². The topological polar surface area (TPSA) is 135 Å². The number of amides is 2. The maximum atomic E-state index is 13.0. The number of aromatic nitrogens is 4. The molecule has 366 valence electrons. The van der Waals surface area contributed by atoms with Crippen LogP contribution in [0.1, 0.15) is 81.0 Å². The lowest BCUT2D eigenvalue weighted by Gasteiger charge is -2.28. The molecule has 2 aliphatic heterocycles. The molecule has 70 heavy (non-hydrogen) atoms. The van der Waals surface area contributed by atoms with E-state index in [1.165, 1.54) is 24.3 Å². The highest BCUT2D eigenvalue weighted by Crippen LogP contribution is 2.33. The second kappa shape index (κ2) is 21.6. The number of nitrogens with one attached hydrogen (secondary N) is 2. The Balaban J connectivity index is 0.000000206. The van der Waals surface area contributed by atoms with Crippen LogP contribution >= 0.6 is 0 Å². The first-order valence-electron chi connectivity index (χ1n) is 22.5. The molecular weight excluding hydrogens is 915 g/mol. The van der Waals surface area contributed by atoms with E-state index < -0.39 is 35.3 Å². The predicted molar refractivity (Wildman–Crippen MR) is 258 cm³/mol. The van der Waals surface area contributed by atoms with Gasteiger partial charge in [0.15, 0.2) is 11.6 Å². The number of halogens is 6. The second-order valence-corrected chi connectivity index (χ2v) is 17.2. The molecule has 0 bridgehead atoms. The minimum absolute atomic E-state index is 0.0744. The molecule has 2 aromatic heterocycles. The van der Waals surface area contributed by atoms with Crippen LogP contribution < -0.4 is 20.4 Å². The first-order valence-corrected chi connectivity index (χ1v) is 22.5. The third kappa shape index (κ3) is 12.7. The number of ether oxygens (including phenoxy) is 2. The van der Waals surface area contributed by atoms with Crippen molar-refractivity contribution in [3.8, 4) is 22.8 Å². The van der Waals surface area contributed by atoms with Crippen LogP contribution in [0.15, 0.2) is 104 Å². The monoisotopic (exact) mass is 966 g/mol. The average molecular weight is 967 g/mol. The smallest absolute Gasteiger partial charge is 0.378 e. The molecule has 0 radical (unpaired) electrons. The van der Waals surface area contributed by atoms with Gasteiger partial charge >= 0.3 is 12.4 Å². The van der Waals surface area contributed by atoms with Gasteiger partial charge in [0, 0.05) is 77.6 Å². The quantitative estimate of drug-likeness (QED) is 0.128. The molecule has 12 nitrogen and oxygen atoms in total. The number of aryl methyl sites for hydroxylation is 2. The molecule has 2 N–H and O–H groups in total. The maximum absolute atomic E-state index is 13.0. The molecule has 2 aliphatic rings. The summed E-state index contributed by atoms with van der Waals surface area (Å²) in [5.41, 5.74) is 4.58. The van der Waals surface area contributed by atoms with Crippen LogP contribution in [0.3, 0.4) is 0 Å². The number of anilines is 4. The Morgan fingerprint density at radius 3 is 1.44 bits per heavy atom. The number of hydrogen-bond acceptors (Lipinski definition) is 10. The van der Waals surface area contributed by atoms with Crippen LogP contribution in [0.5, 0.6) is 0 Å². The van der Waals surface area contributed by atoms with Gasteiger partial charge in [-0.1, -0.05) is 44.7 Å². The Bertz CT molecular complexity index is 2880. The third-order valence-electron chi connectivity index (χ3n) is 11.5. The van der Waals surface area contributed by atoms with Gasteiger partial charge < -0.3 is 29.9 Å². The van der Waals surface area contributed by atoms with Crippen molar-refractivity contribution in [2.75, 3.05) is 73.0 Å². The molecule has 0 spiro atoms. The highest BCUT2D eigenvalue weighted by Gasteiger charge is 2.32. The molecule has 2 amide bonds. The molecular formula is C52H52F6N8O4. The lowest BCUT2D eigenvalue weighted by Crippen LogP contribution is -2.37. The van der Waals surface area contributed by atoms with Crippen LogP contribution in [0.25, 0.3) is 28.3 Å². The zero-order chi connectivity index (χ0) is 50.3. The van der Waals surface area contributed by atoms with Crippen LogP contribution in [-0.2, 0) is 21.8 Å². The number of allylic oxidation sites excluding steroid dienone is 1. The molecule has 0 unspecified atom stereocenters. The van der Waals surface area contributed by atoms with Crippen molar-refractivity contribution in [1.29, 1.82) is 0 Å². The van der Waals surface area contributed by atoms with Gasteiger partial charge in [-0.15, -0.1) is 0 Å². The summed E-state index contributed by atoms with van der Waals surface area (Å²) in [4.78, 5) is 48.7. The number of hydrogen-bond donors (Lipinski definition) is 2. The molecule has 2 fully saturated rings. The molecule has 18 heteroatoms. The summed E-state index contributed by atoms with van der Waals surface area (Å²) in [6, 6.07) is 23.1. The van der Waals surface area contributed by atoms with E-state index in [-0.39, 0.29) is 17.0 Å². The normalized spacial score (nSPS) is 14.2. The fraction of sp³-hybridized carbons (Fsp3) is 0.308. The summed E-state index contributed by atoms with van der Waals surface area (Å²) in [6.07, 6.45) is -9.05. The molecule has 8 rings (SSSR count). The molecule has 6 aromatic rings. The minimum atomic E-state index is -4.53. The van der Waals surface area contributed by atoms with Crippen molar-refractivity contribution in [3.63, 3.8) is 0 Å². The number of morpholine rings is 2. The van der Waals surface area contributed by atoms with E-state index in [4.69, 9.17) is 24.4 Å². The summed E-state index contributed by atoms with van der Waals surface area (Å²) >= 11 is 0. The molecule has 4 heterocycles. The number of rotatable bonds is 10. The average Bonchev–Trinajstić information content (AvgIpc) is 3.35. The highest BCUT2D eigenvalue weighted by atomic mass is 19.4. The van der Waals surface area contributed by atoms with Crippen molar-refractivity contribution in [2.24, 2.45) is 0 Å². The van der Waals surface area contributed by atoms with E-state index in [1.807, 2.05) is 45.0 Å². The van der Waals surface area contributed by atoms with Crippen molar-refractivity contribution in [2.45, 2.75) is 52.9 Å². The Morgan fingerprint density at radius 1 is 0.600 bits per heavy atom. The van der Waals surface area contributed by atoms with Crippen LogP contribution in [0.4, 0.5) is 49.4 Å². The summed E-state index contributed by atoms with van der Waals surface area (Å²) in [7, 11) is 0. The van der Waals surface area contributed by atoms with E-state index in [0.717, 1.165) is 76.9 Å². The minimum Gasteiger partial charge on any atom is -0.378 e. The fourth-order valence-electron chi connectivity index (χ4n) is 7.51.